The molecular formula is C17H29N3O3S. The maximum Gasteiger partial charge on any atom is 0.229 e. The van der Waals surface area contributed by atoms with Crippen LogP contribution in [0.25, 0.3) is 0 Å². The van der Waals surface area contributed by atoms with Crippen molar-refractivity contribution in [1.82, 2.24) is 5.32 Å². The Kier molecular flexibility index (Phi) is 8.60. The summed E-state index contributed by atoms with van der Waals surface area (Å²) in [6, 6.07) is 7.39. The smallest absolute Gasteiger partial charge is 0.229 e. The number of rotatable bonds is 11. The molecule has 6 nitrogen and oxygen atoms in total. The second-order valence-electron chi connectivity index (χ2n) is 5.81. The summed E-state index contributed by atoms with van der Waals surface area (Å²) in [7, 11) is -3.27. The second-order valence-corrected chi connectivity index (χ2v) is 7.56. The van der Waals surface area contributed by atoms with Crippen LogP contribution >= 0.6 is 0 Å². The predicted octanol–water partition coefficient (Wildman–Crippen LogP) is 2.58. The molecule has 7 heteroatoms. The van der Waals surface area contributed by atoms with Gasteiger partial charge in [-0.1, -0.05) is 13.0 Å². The SMILES string of the molecule is CCCC(=O)NCCCCN(CC)c1cccc(NS(C)(=O)=O)c1. The molecule has 1 aromatic carbocycles. The van der Waals surface area contributed by atoms with Crippen molar-refractivity contribution in [2.24, 2.45) is 0 Å². The molecular weight excluding hydrogens is 326 g/mol. The highest BCUT2D eigenvalue weighted by Crippen LogP contribution is 2.20. The van der Waals surface area contributed by atoms with Gasteiger partial charge in [-0.2, -0.15) is 0 Å². The summed E-state index contributed by atoms with van der Waals surface area (Å²) in [5.74, 6) is 0.115. The molecule has 2 N–H and O–H groups in total. The van der Waals surface area contributed by atoms with Crippen molar-refractivity contribution < 1.29 is 13.2 Å². The number of benzene rings is 1. The molecule has 0 bridgehead atoms. The van der Waals surface area contributed by atoms with Gasteiger partial charge in [-0.3, -0.25) is 9.52 Å². The van der Waals surface area contributed by atoms with Crippen molar-refractivity contribution in [1.29, 1.82) is 0 Å². The fourth-order valence-electron chi connectivity index (χ4n) is 2.42. The van der Waals surface area contributed by atoms with E-state index in [2.05, 4.69) is 21.9 Å². The van der Waals surface area contributed by atoms with E-state index < -0.39 is 10.0 Å². The normalized spacial score (nSPS) is 11.1. The Labute approximate surface area is 145 Å². The zero-order chi connectivity index (χ0) is 18.0. The van der Waals surface area contributed by atoms with E-state index in [0.717, 1.165) is 44.3 Å². The summed E-state index contributed by atoms with van der Waals surface area (Å²) in [5, 5.41) is 2.92. The number of hydrogen-bond acceptors (Lipinski definition) is 4. The molecule has 0 radical (unpaired) electrons. The lowest BCUT2D eigenvalue weighted by molar-refractivity contribution is -0.121. The summed E-state index contributed by atoms with van der Waals surface area (Å²) in [5.41, 5.74) is 1.56. The zero-order valence-electron chi connectivity index (χ0n) is 14.8. The van der Waals surface area contributed by atoms with Gasteiger partial charge in [0.25, 0.3) is 0 Å². The van der Waals surface area contributed by atoms with Crippen molar-refractivity contribution in [2.45, 2.75) is 39.5 Å². The first-order valence-corrected chi connectivity index (χ1v) is 10.3. The highest BCUT2D eigenvalue weighted by atomic mass is 32.2. The molecule has 0 aromatic heterocycles. The van der Waals surface area contributed by atoms with E-state index in [4.69, 9.17) is 0 Å². The Hall–Kier alpha value is -1.76. The quantitative estimate of drug-likeness (QED) is 0.598. The average molecular weight is 356 g/mol. The highest BCUT2D eigenvalue weighted by molar-refractivity contribution is 7.92. The monoisotopic (exact) mass is 355 g/mol. The van der Waals surface area contributed by atoms with Gasteiger partial charge in [-0.05, 0) is 44.4 Å². The minimum atomic E-state index is -3.27. The fraction of sp³-hybridized carbons (Fsp3) is 0.588. The maximum absolute atomic E-state index is 11.4. The third-order valence-corrected chi connectivity index (χ3v) is 4.16. The topological polar surface area (TPSA) is 78.5 Å². The average Bonchev–Trinajstić information content (AvgIpc) is 2.49. The number of amides is 1. The van der Waals surface area contributed by atoms with Gasteiger partial charge in [0.15, 0.2) is 0 Å². The van der Waals surface area contributed by atoms with Gasteiger partial charge < -0.3 is 10.2 Å². The molecule has 24 heavy (non-hydrogen) atoms. The standard InChI is InChI=1S/C17H29N3O3S/c1-4-9-17(21)18-12-6-7-13-20(5-2)16-11-8-10-15(14-16)19-24(3,22)23/h8,10-11,14,19H,4-7,9,12-13H2,1-3H3,(H,18,21). The van der Waals surface area contributed by atoms with E-state index in [1.54, 1.807) is 6.07 Å². The zero-order valence-corrected chi connectivity index (χ0v) is 15.7. The fourth-order valence-corrected chi connectivity index (χ4v) is 2.98. The molecule has 0 atom stereocenters. The molecule has 0 saturated heterocycles. The van der Waals surface area contributed by atoms with Crippen LogP contribution in [0.15, 0.2) is 24.3 Å². The van der Waals surface area contributed by atoms with Gasteiger partial charge in [0.1, 0.15) is 0 Å². The number of carbonyl (C=O) groups excluding carboxylic acids is 1. The lowest BCUT2D eigenvalue weighted by Gasteiger charge is -2.23. The predicted molar refractivity (Wildman–Crippen MR) is 99.9 cm³/mol. The molecule has 0 heterocycles. The van der Waals surface area contributed by atoms with Crippen LogP contribution in [0.4, 0.5) is 11.4 Å². The molecule has 1 rings (SSSR count). The first-order valence-electron chi connectivity index (χ1n) is 8.45. The lowest BCUT2D eigenvalue weighted by Crippen LogP contribution is -2.27. The first kappa shape index (κ1) is 20.3. The number of anilines is 2. The van der Waals surface area contributed by atoms with E-state index >= 15 is 0 Å². The van der Waals surface area contributed by atoms with E-state index in [1.165, 1.54) is 0 Å². The minimum Gasteiger partial charge on any atom is -0.372 e. The van der Waals surface area contributed by atoms with Crippen molar-refractivity contribution in [3.63, 3.8) is 0 Å². The van der Waals surface area contributed by atoms with Crippen LogP contribution in [0.1, 0.15) is 39.5 Å². The van der Waals surface area contributed by atoms with Crippen molar-refractivity contribution >= 4 is 27.3 Å². The van der Waals surface area contributed by atoms with Gasteiger partial charge in [0.2, 0.25) is 15.9 Å². The number of nitrogens with zero attached hydrogens (tertiary/aromatic N) is 1. The van der Waals surface area contributed by atoms with Crippen LogP contribution < -0.4 is 14.9 Å². The molecule has 136 valence electrons. The summed E-state index contributed by atoms with van der Waals surface area (Å²) < 4.78 is 25.2. The molecule has 0 aliphatic rings. The maximum atomic E-state index is 11.4. The van der Waals surface area contributed by atoms with Crippen molar-refractivity contribution in [2.75, 3.05) is 35.5 Å². The third kappa shape index (κ3) is 8.19. The van der Waals surface area contributed by atoms with Gasteiger partial charge in [0, 0.05) is 31.7 Å². The van der Waals surface area contributed by atoms with Crippen LogP contribution in [-0.4, -0.2) is 40.2 Å². The Morgan fingerprint density at radius 1 is 1.21 bits per heavy atom. The summed E-state index contributed by atoms with van der Waals surface area (Å²) in [4.78, 5) is 13.6. The van der Waals surface area contributed by atoms with Gasteiger partial charge in [-0.25, -0.2) is 8.42 Å². The third-order valence-electron chi connectivity index (χ3n) is 3.55. The highest BCUT2D eigenvalue weighted by Gasteiger charge is 2.07. The largest absolute Gasteiger partial charge is 0.372 e. The Balaban J connectivity index is 2.49. The van der Waals surface area contributed by atoms with E-state index in [9.17, 15) is 13.2 Å². The molecule has 0 aliphatic heterocycles. The van der Waals surface area contributed by atoms with Gasteiger partial charge in [-0.15, -0.1) is 0 Å². The van der Waals surface area contributed by atoms with Gasteiger partial charge in [0.05, 0.1) is 11.9 Å². The number of sulfonamides is 1. The van der Waals surface area contributed by atoms with Crippen LogP contribution in [0.2, 0.25) is 0 Å². The second kappa shape index (κ2) is 10.2. The van der Waals surface area contributed by atoms with E-state index in [1.807, 2.05) is 25.1 Å². The van der Waals surface area contributed by atoms with Crippen molar-refractivity contribution in [3.05, 3.63) is 24.3 Å². The van der Waals surface area contributed by atoms with E-state index in [-0.39, 0.29) is 5.91 Å². The first-order chi connectivity index (χ1) is 11.4. The summed E-state index contributed by atoms with van der Waals surface area (Å²) >= 11 is 0. The van der Waals surface area contributed by atoms with Crippen LogP contribution in [0.5, 0.6) is 0 Å². The molecule has 0 spiro atoms. The molecule has 1 amide bonds. The van der Waals surface area contributed by atoms with Crippen LogP contribution in [0.3, 0.4) is 0 Å². The minimum absolute atomic E-state index is 0.115. The Morgan fingerprint density at radius 2 is 1.96 bits per heavy atom. The summed E-state index contributed by atoms with van der Waals surface area (Å²) in [6.45, 7) is 6.46. The van der Waals surface area contributed by atoms with E-state index in [0.29, 0.717) is 18.7 Å². The summed E-state index contributed by atoms with van der Waals surface area (Å²) in [6.07, 6.45) is 4.48. The van der Waals surface area contributed by atoms with Crippen LogP contribution in [0, 0.1) is 0 Å². The molecule has 0 fully saturated rings. The molecule has 0 aliphatic carbocycles. The van der Waals surface area contributed by atoms with Gasteiger partial charge >= 0.3 is 0 Å². The molecule has 1 aromatic rings. The number of carbonyl (C=O) groups is 1. The number of unbranched alkanes of at least 4 members (excludes halogenated alkanes) is 1. The number of hydrogen-bond donors (Lipinski definition) is 2. The molecule has 0 saturated carbocycles. The Bertz CT molecular complexity index is 617. The van der Waals surface area contributed by atoms with Crippen LogP contribution in [-0.2, 0) is 14.8 Å². The molecule has 0 unspecified atom stereocenters. The lowest BCUT2D eigenvalue weighted by atomic mass is 10.2. The van der Waals surface area contributed by atoms with Crippen molar-refractivity contribution in [3.8, 4) is 0 Å². The Morgan fingerprint density at radius 3 is 2.58 bits per heavy atom. The number of nitrogens with one attached hydrogen (secondary N) is 2.